The third kappa shape index (κ3) is 6.17. The third-order valence-corrected chi connectivity index (χ3v) is 8.41. The molecule has 4 aromatic carbocycles. The van der Waals surface area contributed by atoms with Crippen LogP contribution < -0.4 is 0 Å². The summed E-state index contributed by atoms with van der Waals surface area (Å²) < 4.78 is 2.20. The number of aryl methyl sites for hydroxylation is 3. The Balaban J connectivity index is 1.50. The van der Waals surface area contributed by atoms with Gasteiger partial charge in [0.25, 0.3) is 0 Å². The number of fused-ring (bicyclic) bond motifs is 3. The summed E-state index contributed by atoms with van der Waals surface area (Å²) in [5, 5.41) is 17.1. The fraction of sp³-hybridized carbons (Fsp3) is 0.229. The van der Waals surface area contributed by atoms with Crippen molar-refractivity contribution in [3.63, 3.8) is 0 Å². The summed E-state index contributed by atoms with van der Waals surface area (Å²) in [6.45, 7) is 8.14. The number of nitrogens with zero attached hydrogens (tertiary/aromatic N) is 2. The molecule has 0 fully saturated rings. The van der Waals surface area contributed by atoms with Gasteiger partial charge in [-0.1, -0.05) is 53.2 Å². The second kappa shape index (κ2) is 12.8. The van der Waals surface area contributed by atoms with Gasteiger partial charge < -0.3 is 14.5 Å². The van der Waals surface area contributed by atoms with Gasteiger partial charge in [0.2, 0.25) is 5.78 Å². The number of aromatic nitrogens is 1. The van der Waals surface area contributed by atoms with E-state index in [-0.39, 0.29) is 11.5 Å². The molecule has 5 aromatic rings. The highest BCUT2D eigenvalue weighted by Gasteiger charge is 2.20. The molecule has 5 rings (SSSR count). The zero-order chi connectivity index (χ0) is 29.8. The highest BCUT2D eigenvalue weighted by Crippen LogP contribution is 2.34. The van der Waals surface area contributed by atoms with Crippen molar-refractivity contribution in [2.75, 3.05) is 5.75 Å². The number of hydrogen-bond donors (Lipinski definition) is 1. The Bertz CT molecular complexity index is 1820. The number of thioether (sulfide) groups is 1. The highest BCUT2D eigenvalue weighted by atomic mass is 32.2. The number of oxime groups is 1. The van der Waals surface area contributed by atoms with Gasteiger partial charge >= 0.3 is 5.97 Å². The van der Waals surface area contributed by atoms with Crippen molar-refractivity contribution in [2.24, 2.45) is 5.16 Å². The minimum Gasteiger partial charge on any atom is -0.384 e. The van der Waals surface area contributed by atoms with E-state index in [1.54, 1.807) is 17.8 Å². The molecular weight excluding hydrogens is 544 g/mol. The van der Waals surface area contributed by atoms with E-state index < -0.39 is 12.1 Å². The molecule has 0 aliphatic rings. The van der Waals surface area contributed by atoms with Gasteiger partial charge in [0.15, 0.2) is 0 Å². The van der Waals surface area contributed by atoms with Crippen LogP contribution in [0.4, 0.5) is 0 Å². The number of ketones is 1. The van der Waals surface area contributed by atoms with Crippen molar-refractivity contribution in [3.05, 3.63) is 113 Å². The van der Waals surface area contributed by atoms with Crippen molar-refractivity contribution in [1.29, 1.82) is 0 Å². The highest BCUT2D eigenvalue weighted by molar-refractivity contribution is 7.99. The molecule has 1 aromatic heterocycles. The van der Waals surface area contributed by atoms with Gasteiger partial charge in [-0.05, 0) is 79.9 Å². The minimum absolute atomic E-state index is 0.194. The summed E-state index contributed by atoms with van der Waals surface area (Å²) in [6.07, 6.45) is -0.430. The van der Waals surface area contributed by atoms with E-state index in [0.717, 1.165) is 49.9 Å². The molecule has 1 atom stereocenters. The van der Waals surface area contributed by atoms with E-state index in [1.165, 1.54) is 12.5 Å². The largest absolute Gasteiger partial charge is 0.384 e. The molecule has 0 spiro atoms. The van der Waals surface area contributed by atoms with Crippen LogP contribution in [0.2, 0.25) is 0 Å². The molecule has 214 valence electrons. The molecule has 6 nitrogen and oxygen atoms in total. The number of carbonyl (C=O) groups is 2. The normalized spacial score (nSPS) is 12.5. The number of rotatable bonds is 10. The smallest absolute Gasteiger partial charge is 0.331 e. The molecular formula is C35H34N2O4S. The van der Waals surface area contributed by atoms with E-state index in [2.05, 4.69) is 22.7 Å². The van der Waals surface area contributed by atoms with Crippen LogP contribution in [0.1, 0.15) is 59.0 Å². The lowest BCUT2D eigenvalue weighted by Gasteiger charge is -2.14. The second-order valence-electron chi connectivity index (χ2n) is 10.4. The Hall–Kier alpha value is -4.20. The van der Waals surface area contributed by atoms with E-state index >= 15 is 0 Å². The van der Waals surface area contributed by atoms with Gasteiger partial charge in [0.05, 0.1) is 0 Å². The number of hydrogen-bond acceptors (Lipinski definition) is 6. The molecule has 0 saturated heterocycles. The van der Waals surface area contributed by atoms with Gasteiger partial charge in [-0.3, -0.25) is 4.79 Å². The Morgan fingerprint density at radius 1 is 0.929 bits per heavy atom. The zero-order valence-corrected chi connectivity index (χ0v) is 25.1. The van der Waals surface area contributed by atoms with Crippen LogP contribution in [0.3, 0.4) is 0 Å². The SMILES string of the molecule is CCn1c2ccc(C(=O)/C(CCSc3cccc(C)c3)=N/OC(C)=O)cc2c2cc(C(O)c3ccccc3C)ccc21. The zero-order valence-electron chi connectivity index (χ0n) is 24.3. The van der Waals surface area contributed by atoms with Crippen molar-refractivity contribution in [2.45, 2.75) is 51.7 Å². The van der Waals surface area contributed by atoms with Crippen LogP contribution in [0.15, 0.2) is 95.0 Å². The number of benzene rings is 4. The lowest BCUT2D eigenvalue weighted by molar-refractivity contribution is -0.140. The summed E-state index contributed by atoms with van der Waals surface area (Å²) >= 11 is 1.62. The lowest BCUT2D eigenvalue weighted by Crippen LogP contribution is -2.16. The monoisotopic (exact) mass is 578 g/mol. The number of aliphatic hydroxyl groups excluding tert-OH is 1. The van der Waals surface area contributed by atoms with Gasteiger partial charge in [-0.25, -0.2) is 4.79 Å². The molecule has 42 heavy (non-hydrogen) atoms. The maximum Gasteiger partial charge on any atom is 0.331 e. The van der Waals surface area contributed by atoms with Crippen molar-refractivity contribution in [1.82, 2.24) is 4.57 Å². The van der Waals surface area contributed by atoms with Crippen LogP contribution in [-0.4, -0.2) is 32.9 Å². The fourth-order valence-electron chi connectivity index (χ4n) is 5.30. The van der Waals surface area contributed by atoms with Gasteiger partial charge in [-0.15, -0.1) is 11.8 Å². The predicted molar refractivity (Wildman–Crippen MR) is 170 cm³/mol. The summed E-state index contributed by atoms with van der Waals surface area (Å²) in [4.78, 5) is 31.3. The third-order valence-electron chi connectivity index (χ3n) is 7.41. The van der Waals surface area contributed by atoms with Crippen LogP contribution in [-0.2, 0) is 16.2 Å². The van der Waals surface area contributed by atoms with Crippen molar-refractivity contribution in [3.8, 4) is 0 Å². The number of aliphatic hydroxyl groups is 1. The van der Waals surface area contributed by atoms with E-state index in [4.69, 9.17) is 4.84 Å². The molecule has 0 aliphatic carbocycles. The lowest BCUT2D eigenvalue weighted by atomic mass is 9.96. The molecule has 1 unspecified atom stereocenters. The van der Waals surface area contributed by atoms with Crippen molar-refractivity contribution < 1.29 is 19.5 Å². The maximum atomic E-state index is 13.7. The molecule has 0 amide bonds. The van der Waals surface area contributed by atoms with Gasteiger partial charge in [0, 0.05) is 57.9 Å². The molecule has 1 heterocycles. The van der Waals surface area contributed by atoms with E-state index in [1.807, 2.05) is 86.6 Å². The summed E-state index contributed by atoms with van der Waals surface area (Å²) in [5.41, 5.74) is 6.53. The molecule has 7 heteroatoms. The van der Waals surface area contributed by atoms with Gasteiger partial charge in [-0.2, -0.15) is 0 Å². The number of Topliss-reactive ketones (excluding diaryl/α,β-unsaturated/α-hetero) is 1. The average Bonchev–Trinajstić information content (AvgIpc) is 3.30. The maximum absolute atomic E-state index is 13.7. The predicted octanol–water partition coefficient (Wildman–Crippen LogP) is 7.80. The van der Waals surface area contributed by atoms with E-state index in [0.29, 0.717) is 17.7 Å². The Morgan fingerprint density at radius 3 is 2.38 bits per heavy atom. The molecule has 0 bridgehead atoms. The number of carbonyl (C=O) groups excluding carboxylic acids is 2. The van der Waals surface area contributed by atoms with Crippen LogP contribution in [0.5, 0.6) is 0 Å². The van der Waals surface area contributed by atoms with Crippen molar-refractivity contribution >= 4 is 51.0 Å². The Labute approximate surface area is 250 Å². The first-order valence-electron chi connectivity index (χ1n) is 14.0. The van der Waals surface area contributed by atoms with Gasteiger partial charge in [0.1, 0.15) is 11.8 Å². The summed E-state index contributed by atoms with van der Waals surface area (Å²) in [7, 11) is 0. The quantitative estimate of drug-likeness (QED) is 0.0601. The van der Waals surface area contributed by atoms with E-state index in [9.17, 15) is 14.7 Å². The summed E-state index contributed by atoms with van der Waals surface area (Å²) in [5.74, 6) is -0.253. The molecule has 0 saturated carbocycles. The molecule has 1 N–H and O–H groups in total. The standard InChI is InChI=1S/C35H34N2O4S/c1-5-37-32-15-13-25(34(39)28-12-7-6-10-23(28)3)20-29(32)30-21-26(14-16-33(30)37)35(40)31(36-41-24(4)38)17-18-42-27-11-8-9-22(2)19-27/h6-16,19-21,34,39H,5,17-18H2,1-4H3/b36-31+. The molecule has 0 aliphatic heterocycles. The van der Waals surface area contributed by atoms with Crippen LogP contribution in [0, 0.1) is 13.8 Å². The average molecular weight is 579 g/mol. The first-order chi connectivity index (χ1) is 20.3. The Morgan fingerprint density at radius 2 is 1.67 bits per heavy atom. The van der Waals surface area contributed by atoms with Crippen LogP contribution in [0.25, 0.3) is 21.8 Å². The topological polar surface area (TPSA) is 80.9 Å². The fourth-order valence-corrected chi connectivity index (χ4v) is 6.28. The van der Waals surface area contributed by atoms with Crippen LogP contribution >= 0.6 is 11.8 Å². The minimum atomic E-state index is -0.770. The molecule has 0 radical (unpaired) electrons. The Kier molecular flexibility index (Phi) is 8.90. The first-order valence-corrected chi connectivity index (χ1v) is 15.0. The first kappa shape index (κ1) is 29.3. The second-order valence-corrected chi connectivity index (χ2v) is 11.5. The summed E-state index contributed by atoms with van der Waals surface area (Å²) in [6, 6.07) is 27.6.